The van der Waals surface area contributed by atoms with E-state index in [1.807, 2.05) is 30.3 Å². The van der Waals surface area contributed by atoms with Crippen molar-refractivity contribution in [2.75, 3.05) is 0 Å². The van der Waals surface area contributed by atoms with Crippen LogP contribution in [-0.4, -0.2) is 20.3 Å². The highest BCUT2D eigenvalue weighted by atomic mass is 35.5. The summed E-state index contributed by atoms with van der Waals surface area (Å²) >= 11 is 6.16. The fourth-order valence-electron chi connectivity index (χ4n) is 2.44. The number of rotatable bonds is 5. The SMILES string of the molecule is NC(=O)Cn1c(Cc2ccccc2)nn(-c2ccccc2Cl)c1=O. The Hall–Kier alpha value is -2.86. The summed E-state index contributed by atoms with van der Waals surface area (Å²) in [5, 5.41) is 4.76. The van der Waals surface area contributed by atoms with Crippen LogP contribution in [0.25, 0.3) is 5.69 Å². The van der Waals surface area contributed by atoms with Crippen molar-refractivity contribution in [1.82, 2.24) is 14.3 Å². The number of nitrogens with two attached hydrogens (primary N) is 1. The van der Waals surface area contributed by atoms with E-state index in [9.17, 15) is 9.59 Å². The first-order valence-electron chi connectivity index (χ1n) is 7.32. The van der Waals surface area contributed by atoms with Gasteiger partial charge in [-0.1, -0.05) is 54.1 Å². The Labute approximate surface area is 143 Å². The van der Waals surface area contributed by atoms with Gasteiger partial charge in [0.15, 0.2) is 0 Å². The molecule has 3 aromatic rings. The summed E-state index contributed by atoms with van der Waals surface area (Å²) in [5.74, 6) is -0.157. The maximum atomic E-state index is 12.7. The Morgan fingerprint density at radius 1 is 1.08 bits per heavy atom. The first-order valence-corrected chi connectivity index (χ1v) is 7.70. The molecule has 0 saturated carbocycles. The lowest BCUT2D eigenvalue weighted by atomic mass is 10.1. The number of carbonyl (C=O) groups is 1. The Morgan fingerprint density at radius 2 is 1.75 bits per heavy atom. The van der Waals surface area contributed by atoms with E-state index in [2.05, 4.69) is 5.10 Å². The molecule has 1 heterocycles. The standard InChI is InChI=1S/C17H15ClN4O2/c18-13-8-4-5-9-14(13)22-17(24)21(11-15(19)23)16(20-22)10-12-6-2-1-3-7-12/h1-9H,10-11H2,(H2,19,23). The minimum absolute atomic E-state index is 0.231. The molecule has 0 spiro atoms. The van der Waals surface area contributed by atoms with Crippen LogP contribution in [0, 0.1) is 0 Å². The van der Waals surface area contributed by atoms with E-state index < -0.39 is 11.6 Å². The number of halogens is 1. The van der Waals surface area contributed by atoms with Gasteiger partial charge in [-0.2, -0.15) is 4.68 Å². The fourth-order valence-corrected chi connectivity index (χ4v) is 2.66. The third kappa shape index (κ3) is 3.23. The summed E-state index contributed by atoms with van der Waals surface area (Å²) in [6.45, 7) is -0.231. The molecule has 0 fully saturated rings. The third-order valence-electron chi connectivity index (χ3n) is 3.54. The van der Waals surface area contributed by atoms with Gasteiger partial charge in [-0.3, -0.25) is 9.36 Å². The van der Waals surface area contributed by atoms with Crippen LogP contribution >= 0.6 is 11.6 Å². The molecule has 0 aliphatic rings. The molecule has 2 aromatic carbocycles. The summed E-state index contributed by atoms with van der Waals surface area (Å²) in [6.07, 6.45) is 0.404. The fraction of sp³-hybridized carbons (Fsp3) is 0.118. The van der Waals surface area contributed by atoms with Gasteiger partial charge in [-0.25, -0.2) is 4.79 Å². The van der Waals surface area contributed by atoms with E-state index in [1.54, 1.807) is 24.3 Å². The summed E-state index contributed by atoms with van der Waals surface area (Å²) in [7, 11) is 0. The van der Waals surface area contributed by atoms with E-state index >= 15 is 0 Å². The summed E-state index contributed by atoms with van der Waals surface area (Å²) in [5.41, 5.74) is 6.25. The second kappa shape index (κ2) is 6.72. The van der Waals surface area contributed by atoms with E-state index in [0.717, 1.165) is 5.56 Å². The van der Waals surface area contributed by atoms with Gasteiger partial charge in [0.1, 0.15) is 12.4 Å². The number of amides is 1. The van der Waals surface area contributed by atoms with Crippen LogP contribution in [0.3, 0.4) is 0 Å². The topological polar surface area (TPSA) is 82.9 Å². The van der Waals surface area contributed by atoms with Gasteiger partial charge in [0.05, 0.1) is 10.7 Å². The number of benzene rings is 2. The van der Waals surface area contributed by atoms with Gasteiger partial charge in [0.2, 0.25) is 5.91 Å². The van der Waals surface area contributed by atoms with Crippen LogP contribution in [0.5, 0.6) is 0 Å². The molecule has 0 radical (unpaired) electrons. The number of para-hydroxylation sites is 1. The molecule has 0 saturated heterocycles. The lowest BCUT2D eigenvalue weighted by Crippen LogP contribution is -2.30. The van der Waals surface area contributed by atoms with Crippen molar-refractivity contribution in [3.05, 3.63) is 81.5 Å². The average Bonchev–Trinajstić information content (AvgIpc) is 2.85. The van der Waals surface area contributed by atoms with Gasteiger partial charge in [0.25, 0.3) is 0 Å². The molecule has 122 valence electrons. The van der Waals surface area contributed by atoms with Crippen molar-refractivity contribution in [1.29, 1.82) is 0 Å². The molecule has 0 bridgehead atoms. The van der Waals surface area contributed by atoms with Crippen LogP contribution in [0.2, 0.25) is 5.02 Å². The van der Waals surface area contributed by atoms with Gasteiger partial charge < -0.3 is 5.73 Å². The smallest absolute Gasteiger partial charge is 0.351 e. The number of hydrogen-bond acceptors (Lipinski definition) is 3. The highest BCUT2D eigenvalue weighted by Gasteiger charge is 2.17. The van der Waals surface area contributed by atoms with E-state index in [0.29, 0.717) is 23.0 Å². The largest absolute Gasteiger partial charge is 0.368 e. The maximum Gasteiger partial charge on any atom is 0.351 e. The highest BCUT2D eigenvalue weighted by molar-refractivity contribution is 6.32. The monoisotopic (exact) mass is 342 g/mol. The van der Waals surface area contributed by atoms with Crippen LogP contribution < -0.4 is 11.4 Å². The maximum absolute atomic E-state index is 12.7. The molecule has 0 unspecified atom stereocenters. The van der Waals surface area contributed by atoms with Crippen molar-refractivity contribution in [2.45, 2.75) is 13.0 Å². The average molecular weight is 343 g/mol. The predicted octanol–water partition coefficient (Wildman–Crippen LogP) is 1.76. The molecule has 6 nitrogen and oxygen atoms in total. The molecule has 0 atom stereocenters. The molecule has 24 heavy (non-hydrogen) atoms. The molecular formula is C17H15ClN4O2. The van der Waals surface area contributed by atoms with E-state index in [1.165, 1.54) is 9.25 Å². The second-order valence-corrected chi connectivity index (χ2v) is 5.68. The van der Waals surface area contributed by atoms with Gasteiger partial charge in [0, 0.05) is 6.42 Å². The molecule has 0 aliphatic carbocycles. The van der Waals surface area contributed by atoms with Crippen LogP contribution in [0.1, 0.15) is 11.4 Å². The van der Waals surface area contributed by atoms with Crippen molar-refractivity contribution >= 4 is 17.5 Å². The van der Waals surface area contributed by atoms with Gasteiger partial charge in [-0.15, -0.1) is 5.10 Å². The molecule has 3 rings (SSSR count). The minimum Gasteiger partial charge on any atom is -0.368 e. The van der Waals surface area contributed by atoms with Gasteiger partial charge >= 0.3 is 5.69 Å². The molecule has 0 aliphatic heterocycles. The molecule has 1 amide bonds. The lowest BCUT2D eigenvalue weighted by molar-refractivity contribution is -0.118. The van der Waals surface area contributed by atoms with Crippen LogP contribution in [-0.2, 0) is 17.8 Å². The summed E-state index contributed by atoms with van der Waals surface area (Å²) in [4.78, 5) is 24.0. The quantitative estimate of drug-likeness (QED) is 0.767. The zero-order valence-corrected chi connectivity index (χ0v) is 13.5. The molecule has 7 heteroatoms. The Morgan fingerprint density at radius 3 is 2.42 bits per heavy atom. The predicted molar refractivity (Wildman–Crippen MR) is 91.3 cm³/mol. The van der Waals surface area contributed by atoms with Gasteiger partial charge in [-0.05, 0) is 17.7 Å². The Bertz CT molecular complexity index is 931. The van der Waals surface area contributed by atoms with E-state index in [-0.39, 0.29) is 6.54 Å². The number of primary amides is 1. The summed E-state index contributed by atoms with van der Waals surface area (Å²) < 4.78 is 2.47. The van der Waals surface area contributed by atoms with E-state index in [4.69, 9.17) is 17.3 Å². The molecular weight excluding hydrogens is 328 g/mol. The van der Waals surface area contributed by atoms with Crippen molar-refractivity contribution < 1.29 is 4.79 Å². The third-order valence-corrected chi connectivity index (χ3v) is 3.86. The first kappa shape index (κ1) is 16.0. The number of carbonyl (C=O) groups excluding carboxylic acids is 1. The van der Waals surface area contributed by atoms with Crippen molar-refractivity contribution in [3.63, 3.8) is 0 Å². The summed E-state index contributed by atoms with van der Waals surface area (Å²) in [6, 6.07) is 16.4. The number of hydrogen-bond donors (Lipinski definition) is 1. The van der Waals surface area contributed by atoms with Crippen LogP contribution in [0.15, 0.2) is 59.4 Å². The van der Waals surface area contributed by atoms with Crippen LogP contribution in [0.4, 0.5) is 0 Å². The molecule has 2 N–H and O–H groups in total. The lowest BCUT2D eigenvalue weighted by Gasteiger charge is -2.02. The Balaban J connectivity index is 2.11. The number of nitrogens with zero attached hydrogens (tertiary/aromatic N) is 3. The normalized spacial score (nSPS) is 10.7. The zero-order valence-electron chi connectivity index (χ0n) is 12.7. The first-order chi connectivity index (χ1) is 11.6. The van der Waals surface area contributed by atoms with Crippen molar-refractivity contribution in [2.24, 2.45) is 5.73 Å². The molecule has 1 aromatic heterocycles. The minimum atomic E-state index is -0.606. The highest BCUT2D eigenvalue weighted by Crippen LogP contribution is 2.18. The van der Waals surface area contributed by atoms with Crippen molar-refractivity contribution in [3.8, 4) is 5.69 Å². The number of aromatic nitrogens is 3. The Kier molecular flexibility index (Phi) is 4.48. The second-order valence-electron chi connectivity index (χ2n) is 5.28. The zero-order chi connectivity index (χ0) is 17.1.